The van der Waals surface area contributed by atoms with Gasteiger partial charge in [-0.2, -0.15) is 0 Å². The Labute approximate surface area is 126 Å². The second-order valence-corrected chi connectivity index (χ2v) is 5.00. The molecule has 0 radical (unpaired) electrons. The maximum atomic E-state index is 12.0. The highest BCUT2D eigenvalue weighted by Gasteiger charge is 2.13. The molecule has 0 aliphatic heterocycles. The molecule has 1 aromatic heterocycles. The van der Waals surface area contributed by atoms with Crippen LogP contribution < -0.4 is 20.1 Å². The molecule has 2 rings (SSSR count). The van der Waals surface area contributed by atoms with Gasteiger partial charge in [0.05, 0.1) is 14.2 Å². The molecule has 8 heteroatoms. The fourth-order valence-corrected chi connectivity index (χ4v) is 2.28. The largest absolute Gasteiger partial charge is 0.497 e. The fraction of sp³-hybridized carbons (Fsp3) is 0.308. The monoisotopic (exact) mass is 308 g/mol. The van der Waals surface area contributed by atoms with Crippen LogP contribution in [0.2, 0.25) is 0 Å². The molecule has 0 saturated heterocycles. The number of hydrogen-bond donors (Lipinski definition) is 2. The van der Waals surface area contributed by atoms with E-state index in [0.717, 1.165) is 5.56 Å². The van der Waals surface area contributed by atoms with E-state index in [-0.39, 0.29) is 5.91 Å². The van der Waals surface area contributed by atoms with Crippen LogP contribution in [0.3, 0.4) is 0 Å². The molecule has 1 aromatic carbocycles. The minimum Gasteiger partial charge on any atom is -0.497 e. The predicted molar refractivity (Wildman–Crippen MR) is 80.2 cm³/mol. The molecule has 0 unspecified atom stereocenters. The molecule has 0 atom stereocenters. The number of hydrogen-bond acceptors (Lipinski definition) is 7. The molecule has 1 amide bonds. The topological polar surface area (TPSA) is 85.4 Å². The van der Waals surface area contributed by atoms with E-state index in [1.807, 2.05) is 12.1 Å². The van der Waals surface area contributed by atoms with Crippen LogP contribution in [0.5, 0.6) is 11.5 Å². The molecule has 7 nitrogen and oxygen atoms in total. The Kier molecular flexibility index (Phi) is 4.94. The summed E-state index contributed by atoms with van der Waals surface area (Å²) in [6.45, 7) is 0.334. The summed E-state index contributed by atoms with van der Waals surface area (Å²) in [6, 6.07) is 5.43. The molecule has 21 heavy (non-hydrogen) atoms. The lowest BCUT2D eigenvalue weighted by Gasteiger charge is -2.10. The maximum absolute atomic E-state index is 12.0. The van der Waals surface area contributed by atoms with Gasteiger partial charge in [-0.1, -0.05) is 11.3 Å². The Morgan fingerprint density at radius 2 is 2.10 bits per heavy atom. The first-order valence-corrected chi connectivity index (χ1v) is 7.00. The first-order chi connectivity index (χ1) is 10.2. The highest BCUT2D eigenvalue weighted by Crippen LogP contribution is 2.24. The van der Waals surface area contributed by atoms with Crippen molar-refractivity contribution in [3.63, 3.8) is 0 Å². The second-order valence-electron chi connectivity index (χ2n) is 4.02. The minimum atomic E-state index is -0.271. The van der Waals surface area contributed by atoms with Crippen molar-refractivity contribution in [2.45, 2.75) is 6.54 Å². The van der Waals surface area contributed by atoms with Gasteiger partial charge in [-0.25, -0.2) is 0 Å². The quantitative estimate of drug-likeness (QED) is 0.842. The summed E-state index contributed by atoms with van der Waals surface area (Å²) < 4.78 is 10.4. The SMILES string of the molecule is CNc1nnc(C(=O)NCc2ccc(OC)cc2OC)s1. The standard InChI is InChI=1S/C13H16N4O3S/c1-14-13-17-16-12(21-13)11(18)15-7-8-4-5-9(19-2)6-10(8)20-3/h4-6H,7H2,1-3H3,(H,14,17)(H,15,18). The van der Waals surface area contributed by atoms with Gasteiger partial charge >= 0.3 is 0 Å². The number of benzene rings is 1. The van der Waals surface area contributed by atoms with Crippen LogP contribution in [0, 0.1) is 0 Å². The van der Waals surface area contributed by atoms with Gasteiger partial charge in [-0.3, -0.25) is 4.79 Å². The van der Waals surface area contributed by atoms with Crippen molar-refractivity contribution >= 4 is 22.4 Å². The van der Waals surface area contributed by atoms with Crippen LogP contribution in [0.25, 0.3) is 0 Å². The maximum Gasteiger partial charge on any atom is 0.282 e. The van der Waals surface area contributed by atoms with Gasteiger partial charge < -0.3 is 20.1 Å². The molecule has 0 fully saturated rings. The number of carbonyl (C=O) groups is 1. The molecule has 1 heterocycles. The van der Waals surface area contributed by atoms with E-state index in [0.29, 0.717) is 28.2 Å². The first-order valence-electron chi connectivity index (χ1n) is 6.18. The van der Waals surface area contributed by atoms with Crippen molar-refractivity contribution in [2.24, 2.45) is 0 Å². The van der Waals surface area contributed by atoms with E-state index in [1.165, 1.54) is 11.3 Å². The zero-order valence-corrected chi connectivity index (χ0v) is 12.8. The van der Waals surface area contributed by atoms with Gasteiger partial charge in [0.15, 0.2) is 0 Å². The van der Waals surface area contributed by atoms with Crippen molar-refractivity contribution in [3.05, 3.63) is 28.8 Å². The molecule has 0 bridgehead atoms. The van der Waals surface area contributed by atoms with Gasteiger partial charge in [0.2, 0.25) is 10.1 Å². The number of carbonyl (C=O) groups excluding carboxylic acids is 1. The third-order valence-electron chi connectivity index (χ3n) is 2.77. The Hall–Kier alpha value is -2.35. The molecule has 0 saturated carbocycles. The lowest BCUT2D eigenvalue weighted by molar-refractivity contribution is 0.0949. The molecule has 112 valence electrons. The number of anilines is 1. The Morgan fingerprint density at radius 1 is 1.29 bits per heavy atom. The third kappa shape index (κ3) is 3.60. The zero-order valence-electron chi connectivity index (χ0n) is 12.0. The van der Waals surface area contributed by atoms with Gasteiger partial charge in [0.25, 0.3) is 5.91 Å². The molecular formula is C13H16N4O3S. The average molecular weight is 308 g/mol. The van der Waals surface area contributed by atoms with Crippen molar-refractivity contribution in [3.8, 4) is 11.5 Å². The van der Waals surface area contributed by atoms with Crippen molar-refractivity contribution in [1.82, 2.24) is 15.5 Å². The summed E-state index contributed by atoms with van der Waals surface area (Å²) in [5, 5.41) is 14.2. The Morgan fingerprint density at radius 3 is 2.71 bits per heavy atom. The number of ether oxygens (including phenoxy) is 2. The lowest BCUT2D eigenvalue weighted by atomic mass is 10.2. The smallest absolute Gasteiger partial charge is 0.282 e. The van der Waals surface area contributed by atoms with Crippen LogP contribution in [0.15, 0.2) is 18.2 Å². The van der Waals surface area contributed by atoms with Crippen LogP contribution in [-0.4, -0.2) is 37.4 Å². The summed E-state index contributed by atoms with van der Waals surface area (Å²) in [5.41, 5.74) is 0.852. The minimum absolute atomic E-state index is 0.271. The summed E-state index contributed by atoms with van der Waals surface area (Å²) in [5.74, 6) is 1.08. The van der Waals surface area contributed by atoms with Gasteiger partial charge in [-0.05, 0) is 12.1 Å². The fourth-order valence-electron chi connectivity index (χ4n) is 1.67. The molecule has 0 aliphatic carbocycles. The summed E-state index contributed by atoms with van der Waals surface area (Å²) in [6.07, 6.45) is 0. The third-order valence-corrected chi connectivity index (χ3v) is 3.71. The molecule has 0 spiro atoms. The number of nitrogens with one attached hydrogen (secondary N) is 2. The Bertz CT molecular complexity index is 630. The number of methoxy groups -OCH3 is 2. The van der Waals surface area contributed by atoms with E-state index in [2.05, 4.69) is 20.8 Å². The molecule has 2 N–H and O–H groups in total. The highest BCUT2D eigenvalue weighted by molar-refractivity contribution is 7.17. The zero-order chi connectivity index (χ0) is 15.2. The first kappa shape index (κ1) is 15.0. The van der Waals surface area contributed by atoms with Gasteiger partial charge in [0.1, 0.15) is 11.5 Å². The van der Waals surface area contributed by atoms with E-state index < -0.39 is 0 Å². The predicted octanol–water partition coefficient (Wildman–Crippen LogP) is 1.53. The van der Waals surface area contributed by atoms with Crippen molar-refractivity contribution in [1.29, 1.82) is 0 Å². The normalized spacial score (nSPS) is 10.0. The number of aromatic nitrogens is 2. The number of rotatable bonds is 6. The Balaban J connectivity index is 2.03. The summed E-state index contributed by atoms with van der Waals surface area (Å²) in [4.78, 5) is 12.0. The van der Waals surface area contributed by atoms with E-state index >= 15 is 0 Å². The lowest BCUT2D eigenvalue weighted by Crippen LogP contribution is -2.22. The van der Waals surface area contributed by atoms with Crippen LogP contribution in [0.4, 0.5) is 5.13 Å². The van der Waals surface area contributed by atoms with Crippen LogP contribution in [-0.2, 0) is 6.54 Å². The summed E-state index contributed by atoms with van der Waals surface area (Å²) >= 11 is 1.20. The van der Waals surface area contributed by atoms with Crippen LogP contribution in [0.1, 0.15) is 15.4 Å². The molecular weight excluding hydrogens is 292 g/mol. The van der Waals surface area contributed by atoms with Crippen molar-refractivity contribution < 1.29 is 14.3 Å². The van der Waals surface area contributed by atoms with Crippen molar-refractivity contribution in [2.75, 3.05) is 26.6 Å². The second kappa shape index (κ2) is 6.89. The number of nitrogens with zero attached hydrogens (tertiary/aromatic N) is 2. The molecule has 2 aromatic rings. The van der Waals surface area contributed by atoms with E-state index in [4.69, 9.17) is 9.47 Å². The highest BCUT2D eigenvalue weighted by atomic mass is 32.1. The van der Waals surface area contributed by atoms with E-state index in [9.17, 15) is 4.79 Å². The van der Waals surface area contributed by atoms with Crippen LogP contribution >= 0.6 is 11.3 Å². The van der Waals surface area contributed by atoms with Gasteiger partial charge in [0, 0.05) is 25.2 Å². The number of amides is 1. The molecule has 0 aliphatic rings. The summed E-state index contributed by atoms with van der Waals surface area (Å²) in [7, 11) is 4.89. The average Bonchev–Trinajstić information content (AvgIpc) is 3.01. The van der Waals surface area contributed by atoms with E-state index in [1.54, 1.807) is 27.3 Å². The van der Waals surface area contributed by atoms with Gasteiger partial charge in [-0.15, -0.1) is 10.2 Å².